The molecule has 0 aliphatic carbocycles. The zero-order valence-corrected chi connectivity index (χ0v) is 10.4. The maximum absolute atomic E-state index is 13.2. The summed E-state index contributed by atoms with van der Waals surface area (Å²) in [5, 5.41) is 9.77. The van der Waals surface area contributed by atoms with Crippen LogP contribution in [0.4, 0.5) is 14.5 Å². The molecule has 1 rings (SSSR count). The molecule has 0 bridgehead atoms. The summed E-state index contributed by atoms with van der Waals surface area (Å²) in [6.45, 7) is 1.68. The van der Waals surface area contributed by atoms with Crippen molar-refractivity contribution in [2.75, 3.05) is 25.6 Å². The number of carbonyl (C=O) groups is 1. The second-order valence-corrected chi connectivity index (χ2v) is 3.87. The van der Waals surface area contributed by atoms with Crippen molar-refractivity contribution in [1.82, 2.24) is 0 Å². The molecule has 1 N–H and O–H groups in total. The number of anilines is 1. The van der Waals surface area contributed by atoms with Crippen molar-refractivity contribution in [3.8, 4) is 0 Å². The first-order valence-electron chi connectivity index (χ1n) is 5.39. The summed E-state index contributed by atoms with van der Waals surface area (Å²) in [5.74, 6) is -3.07. The molecule has 6 heteroatoms. The molecule has 0 saturated carbocycles. The van der Waals surface area contributed by atoms with Crippen molar-refractivity contribution >= 4 is 11.7 Å². The second-order valence-electron chi connectivity index (χ2n) is 3.87. The number of benzene rings is 1. The normalized spacial score (nSPS) is 12.1. The van der Waals surface area contributed by atoms with Gasteiger partial charge < -0.3 is 14.7 Å². The van der Waals surface area contributed by atoms with Gasteiger partial charge in [0, 0.05) is 31.4 Å². The number of hydrogen-bond donors (Lipinski definition) is 1. The highest BCUT2D eigenvalue weighted by atomic mass is 19.2. The predicted molar refractivity (Wildman–Crippen MR) is 62.3 cm³/mol. The molecule has 1 unspecified atom stereocenters. The molecule has 4 nitrogen and oxygen atoms in total. The Morgan fingerprint density at radius 1 is 1.39 bits per heavy atom. The zero-order valence-electron chi connectivity index (χ0n) is 10.4. The van der Waals surface area contributed by atoms with Crippen LogP contribution in [-0.4, -0.2) is 31.8 Å². The highest BCUT2D eigenvalue weighted by molar-refractivity contribution is 5.79. The molecular weight excluding hydrogens is 244 g/mol. The van der Waals surface area contributed by atoms with Gasteiger partial charge in [-0.2, -0.15) is 0 Å². The smallest absolute Gasteiger partial charge is 0.339 e. The standard InChI is InChI=1S/C12H15F2NO3/c1-4-18-12(17)11(16)7-5-8(13)9(14)6-10(7)15(2)3/h5-6,11,16H,4H2,1-3H3. The minimum atomic E-state index is -1.64. The molecule has 0 saturated heterocycles. The predicted octanol–water partition coefficient (Wildman–Crippen LogP) is 1.63. The molecule has 0 aliphatic heterocycles. The molecule has 0 aliphatic rings. The number of aliphatic hydroxyl groups is 1. The Bertz CT molecular complexity index is 449. The van der Waals surface area contributed by atoms with Crippen molar-refractivity contribution < 1.29 is 23.4 Å². The maximum Gasteiger partial charge on any atom is 0.339 e. The van der Waals surface area contributed by atoms with Crippen LogP contribution in [0.15, 0.2) is 12.1 Å². The summed E-state index contributed by atoms with van der Waals surface area (Å²) in [7, 11) is 3.18. The molecule has 18 heavy (non-hydrogen) atoms. The summed E-state index contributed by atoms with van der Waals surface area (Å²) in [6.07, 6.45) is -1.64. The van der Waals surface area contributed by atoms with Crippen molar-refractivity contribution in [3.63, 3.8) is 0 Å². The largest absolute Gasteiger partial charge is 0.464 e. The lowest BCUT2D eigenvalue weighted by Crippen LogP contribution is -2.20. The number of nitrogens with zero attached hydrogens (tertiary/aromatic N) is 1. The Morgan fingerprint density at radius 2 is 1.94 bits per heavy atom. The number of ether oxygens (including phenoxy) is 1. The van der Waals surface area contributed by atoms with Crippen LogP contribution in [-0.2, 0) is 9.53 Å². The molecule has 0 amide bonds. The summed E-state index contributed by atoms with van der Waals surface area (Å²) >= 11 is 0. The van der Waals surface area contributed by atoms with Crippen LogP contribution in [0.25, 0.3) is 0 Å². The molecule has 1 atom stereocenters. The molecule has 0 fully saturated rings. The number of carbonyl (C=O) groups excluding carboxylic acids is 1. The van der Waals surface area contributed by atoms with Gasteiger partial charge in [0.05, 0.1) is 6.61 Å². The van der Waals surface area contributed by atoms with E-state index in [0.29, 0.717) is 0 Å². The molecule has 0 radical (unpaired) electrons. The second kappa shape index (κ2) is 5.77. The van der Waals surface area contributed by atoms with Gasteiger partial charge >= 0.3 is 5.97 Å². The highest BCUT2D eigenvalue weighted by Gasteiger charge is 2.24. The minimum absolute atomic E-state index is 0.0302. The fourth-order valence-corrected chi connectivity index (χ4v) is 1.51. The fourth-order valence-electron chi connectivity index (χ4n) is 1.51. The molecule has 0 spiro atoms. The van der Waals surface area contributed by atoms with E-state index in [1.54, 1.807) is 21.0 Å². The van der Waals surface area contributed by atoms with Gasteiger partial charge in [0.1, 0.15) is 0 Å². The summed E-state index contributed by atoms with van der Waals surface area (Å²) in [5.41, 5.74) is 0.187. The van der Waals surface area contributed by atoms with Gasteiger partial charge in [0.2, 0.25) is 0 Å². The third kappa shape index (κ3) is 2.95. The number of hydrogen-bond acceptors (Lipinski definition) is 4. The third-order valence-corrected chi connectivity index (χ3v) is 2.36. The fraction of sp³-hybridized carbons (Fsp3) is 0.417. The molecule has 100 valence electrons. The molecule has 1 aromatic rings. The Balaban J connectivity index is 3.21. The van der Waals surface area contributed by atoms with Gasteiger partial charge in [0.15, 0.2) is 17.7 Å². The van der Waals surface area contributed by atoms with Gasteiger partial charge in [-0.25, -0.2) is 13.6 Å². The quantitative estimate of drug-likeness (QED) is 0.835. The number of aliphatic hydroxyl groups excluding tert-OH is 1. The van der Waals surface area contributed by atoms with Crippen molar-refractivity contribution in [2.45, 2.75) is 13.0 Å². The molecule has 0 heterocycles. The van der Waals surface area contributed by atoms with E-state index in [-0.39, 0.29) is 17.9 Å². The average molecular weight is 259 g/mol. The van der Waals surface area contributed by atoms with E-state index in [2.05, 4.69) is 4.74 Å². The summed E-state index contributed by atoms with van der Waals surface area (Å²) in [6, 6.07) is 1.72. The van der Waals surface area contributed by atoms with Gasteiger partial charge in [-0.05, 0) is 13.0 Å². The number of esters is 1. The van der Waals surface area contributed by atoms with E-state index in [0.717, 1.165) is 12.1 Å². The van der Waals surface area contributed by atoms with E-state index in [1.165, 1.54) is 4.90 Å². The van der Waals surface area contributed by atoms with Crippen LogP contribution in [0.5, 0.6) is 0 Å². The van der Waals surface area contributed by atoms with Crippen LogP contribution in [0.3, 0.4) is 0 Å². The zero-order chi connectivity index (χ0) is 13.9. The Labute approximate surface area is 104 Å². The van der Waals surface area contributed by atoms with Crippen molar-refractivity contribution in [2.24, 2.45) is 0 Å². The summed E-state index contributed by atoms with van der Waals surface area (Å²) < 4.78 is 30.9. The first-order valence-corrected chi connectivity index (χ1v) is 5.39. The molecule has 0 aromatic heterocycles. The first-order chi connectivity index (χ1) is 8.38. The lowest BCUT2D eigenvalue weighted by atomic mass is 10.1. The van der Waals surface area contributed by atoms with Crippen LogP contribution < -0.4 is 4.90 Å². The maximum atomic E-state index is 13.2. The van der Waals surface area contributed by atoms with Crippen molar-refractivity contribution in [1.29, 1.82) is 0 Å². The van der Waals surface area contributed by atoms with Gasteiger partial charge in [-0.15, -0.1) is 0 Å². The van der Waals surface area contributed by atoms with E-state index in [1.807, 2.05) is 0 Å². The van der Waals surface area contributed by atoms with E-state index in [9.17, 15) is 18.7 Å². The molecule has 1 aromatic carbocycles. The van der Waals surface area contributed by atoms with Gasteiger partial charge in [0.25, 0.3) is 0 Å². The van der Waals surface area contributed by atoms with E-state index >= 15 is 0 Å². The number of rotatable bonds is 4. The Hall–Kier alpha value is -1.69. The Kier molecular flexibility index (Phi) is 4.61. The average Bonchev–Trinajstić information content (AvgIpc) is 2.31. The van der Waals surface area contributed by atoms with Crippen LogP contribution in [0.2, 0.25) is 0 Å². The van der Waals surface area contributed by atoms with E-state index in [4.69, 9.17) is 0 Å². The van der Waals surface area contributed by atoms with Crippen molar-refractivity contribution in [3.05, 3.63) is 29.3 Å². The summed E-state index contributed by atoms with van der Waals surface area (Å²) in [4.78, 5) is 12.9. The SMILES string of the molecule is CCOC(=O)C(O)c1cc(F)c(F)cc1N(C)C. The van der Waals surface area contributed by atoms with Gasteiger partial charge in [-0.3, -0.25) is 0 Å². The molecular formula is C12H15F2NO3. The lowest BCUT2D eigenvalue weighted by molar-refractivity contribution is -0.153. The number of halogens is 2. The van der Waals surface area contributed by atoms with Gasteiger partial charge in [-0.1, -0.05) is 0 Å². The monoisotopic (exact) mass is 259 g/mol. The van der Waals surface area contributed by atoms with Crippen LogP contribution >= 0.6 is 0 Å². The van der Waals surface area contributed by atoms with E-state index < -0.39 is 23.7 Å². The minimum Gasteiger partial charge on any atom is -0.464 e. The topological polar surface area (TPSA) is 49.8 Å². The van der Waals surface area contributed by atoms with Crippen LogP contribution in [0.1, 0.15) is 18.6 Å². The highest BCUT2D eigenvalue weighted by Crippen LogP contribution is 2.28. The Morgan fingerprint density at radius 3 is 2.44 bits per heavy atom. The van der Waals surface area contributed by atoms with Crippen LogP contribution in [0, 0.1) is 11.6 Å². The first kappa shape index (κ1) is 14.4. The lowest BCUT2D eigenvalue weighted by Gasteiger charge is -2.20. The third-order valence-electron chi connectivity index (χ3n) is 2.36.